The SMILES string of the molecule is NC(=O)C1NNC2CCC(Nc3ncnc4ccc(Br)cc34)CC21. The molecule has 1 aliphatic carbocycles. The van der Waals surface area contributed by atoms with Crippen LogP contribution in [0.4, 0.5) is 5.82 Å². The molecular formula is C16H19BrN6O. The van der Waals surface area contributed by atoms with E-state index in [9.17, 15) is 4.79 Å². The first kappa shape index (κ1) is 15.7. The van der Waals surface area contributed by atoms with Gasteiger partial charge in [0.05, 0.1) is 5.52 Å². The zero-order valence-electron chi connectivity index (χ0n) is 13.0. The van der Waals surface area contributed by atoms with E-state index in [1.165, 1.54) is 0 Å². The first-order valence-corrected chi connectivity index (χ1v) is 8.88. The summed E-state index contributed by atoms with van der Waals surface area (Å²) in [6.45, 7) is 0. The number of carbonyl (C=O) groups is 1. The average molecular weight is 391 g/mol. The lowest BCUT2D eigenvalue weighted by atomic mass is 9.79. The molecule has 4 unspecified atom stereocenters. The Bertz CT molecular complexity index is 784. The maximum absolute atomic E-state index is 11.6. The van der Waals surface area contributed by atoms with Crippen molar-refractivity contribution < 1.29 is 4.79 Å². The van der Waals surface area contributed by atoms with Crippen molar-refractivity contribution >= 4 is 38.6 Å². The monoisotopic (exact) mass is 390 g/mol. The summed E-state index contributed by atoms with van der Waals surface area (Å²) in [6, 6.07) is 6.21. The van der Waals surface area contributed by atoms with E-state index in [1.54, 1.807) is 6.33 Å². The van der Waals surface area contributed by atoms with E-state index >= 15 is 0 Å². The van der Waals surface area contributed by atoms with Crippen LogP contribution in [-0.2, 0) is 4.79 Å². The number of halogens is 1. The maximum Gasteiger partial charge on any atom is 0.236 e. The molecule has 2 fully saturated rings. The molecule has 1 aromatic heterocycles. The van der Waals surface area contributed by atoms with Gasteiger partial charge in [-0.1, -0.05) is 15.9 Å². The number of benzene rings is 1. The van der Waals surface area contributed by atoms with Crippen molar-refractivity contribution in [1.29, 1.82) is 0 Å². The molecule has 5 N–H and O–H groups in total. The minimum atomic E-state index is -0.309. The summed E-state index contributed by atoms with van der Waals surface area (Å²) in [4.78, 5) is 20.3. The molecule has 2 aliphatic rings. The first-order valence-electron chi connectivity index (χ1n) is 8.09. The highest BCUT2D eigenvalue weighted by molar-refractivity contribution is 9.10. The van der Waals surface area contributed by atoms with Crippen LogP contribution in [0.5, 0.6) is 0 Å². The molecule has 1 saturated heterocycles. The smallest absolute Gasteiger partial charge is 0.236 e. The fourth-order valence-corrected chi connectivity index (χ4v) is 4.17. The number of nitrogens with zero attached hydrogens (tertiary/aromatic N) is 2. The lowest BCUT2D eigenvalue weighted by Gasteiger charge is -2.33. The third-order valence-electron chi connectivity index (χ3n) is 5.00. The third-order valence-corrected chi connectivity index (χ3v) is 5.49. The van der Waals surface area contributed by atoms with Crippen LogP contribution in [0.25, 0.3) is 10.9 Å². The Balaban J connectivity index is 1.56. The van der Waals surface area contributed by atoms with Gasteiger partial charge in [0.2, 0.25) is 5.91 Å². The number of hydrogen-bond donors (Lipinski definition) is 4. The molecule has 1 saturated carbocycles. The quantitative estimate of drug-likeness (QED) is 0.629. The Morgan fingerprint density at radius 1 is 1.29 bits per heavy atom. The number of rotatable bonds is 3. The lowest BCUT2D eigenvalue weighted by Crippen LogP contribution is -2.44. The second-order valence-corrected chi connectivity index (χ2v) is 7.39. The van der Waals surface area contributed by atoms with Crippen LogP contribution in [0.2, 0.25) is 0 Å². The van der Waals surface area contributed by atoms with Gasteiger partial charge in [-0.3, -0.25) is 10.2 Å². The Hall–Kier alpha value is -1.77. The molecule has 1 aliphatic heterocycles. The Morgan fingerprint density at radius 2 is 2.17 bits per heavy atom. The molecule has 8 heteroatoms. The van der Waals surface area contributed by atoms with Crippen molar-refractivity contribution in [3.8, 4) is 0 Å². The van der Waals surface area contributed by atoms with E-state index in [0.29, 0.717) is 6.04 Å². The van der Waals surface area contributed by atoms with Gasteiger partial charge >= 0.3 is 0 Å². The van der Waals surface area contributed by atoms with E-state index in [4.69, 9.17) is 5.73 Å². The minimum absolute atomic E-state index is 0.202. The van der Waals surface area contributed by atoms with Gasteiger partial charge in [-0.15, -0.1) is 0 Å². The van der Waals surface area contributed by atoms with Gasteiger partial charge in [0, 0.05) is 27.9 Å². The number of amides is 1. The summed E-state index contributed by atoms with van der Waals surface area (Å²) in [5, 5.41) is 4.53. The number of primary amides is 1. The predicted octanol–water partition coefficient (Wildman–Crippen LogP) is 1.30. The fourth-order valence-electron chi connectivity index (χ4n) is 3.81. The summed E-state index contributed by atoms with van der Waals surface area (Å²) in [5.41, 5.74) is 12.6. The molecule has 7 nitrogen and oxygen atoms in total. The Kier molecular flexibility index (Phi) is 4.11. The molecule has 4 atom stereocenters. The van der Waals surface area contributed by atoms with Crippen LogP contribution in [0.1, 0.15) is 19.3 Å². The standard InChI is InChI=1S/C16H19BrN6O/c17-8-1-3-12-11(5-8)16(20-7-19-12)21-9-2-4-13-10(6-9)14(15(18)24)23-22-13/h1,3,5,7,9-10,13-14,22-23H,2,4,6H2,(H2,18,24)(H,19,20,21). The number of anilines is 1. The van der Waals surface area contributed by atoms with Crippen molar-refractivity contribution in [3.05, 3.63) is 29.0 Å². The minimum Gasteiger partial charge on any atom is -0.368 e. The van der Waals surface area contributed by atoms with E-state index in [2.05, 4.69) is 42.1 Å². The molecule has 0 radical (unpaired) electrons. The summed E-state index contributed by atoms with van der Waals surface area (Å²) < 4.78 is 0.995. The van der Waals surface area contributed by atoms with Gasteiger partial charge < -0.3 is 11.1 Å². The number of nitrogens with one attached hydrogen (secondary N) is 3. The van der Waals surface area contributed by atoms with Gasteiger partial charge in [-0.25, -0.2) is 15.4 Å². The molecule has 0 spiro atoms. The van der Waals surface area contributed by atoms with Crippen molar-refractivity contribution in [1.82, 2.24) is 20.8 Å². The highest BCUT2D eigenvalue weighted by atomic mass is 79.9. The van der Waals surface area contributed by atoms with Crippen molar-refractivity contribution in [3.63, 3.8) is 0 Å². The topological polar surface area (TPSA) is 105 Å². The zero-order valence-corrected chi connectivity index (χ0v) is 14.6. The molecule has 1 aromatic carbocycles. The number of nitrogens with two attached hydrogens (primary N) is 1. The highest BCUT2D eigenvalue weighted by Gasteiger charge is 2.42. The van der Waals surface area contributed by atoms with Crippen LogP contribution in [0.15, 0.2) is 29.0 Å². The van der Waals surface area contributed by atoms with E-state index in [-0.39, 0.29) is 23.9 Å². The predicted molar refractivity (Wildman–Crippen MR) is 95.0 cm³/mol. The van der Waals surface area contributed by atoms with E-state index in [0.717, 1.165) is 40.5 Å². The summed E-state index contributed by atoms with van der Waals surface area (Å²) in [7, 11) is 0. The number of aromatic nitrogens is 2. The van der Waals surface area contributed by atoms with E-state index < -0.39 is 0 Å². The number of hydrazine groups is 1. The lowest BCUT2D eigenvalue weighted by molar-refractivity contribution is -0.120. The number of carbonyl (C=O) groups excluding carboxylic acids is 1. The zero-order chi connectivity index (χ0) is 16.7. The van der Waals surface area contributed by atoms with Crippen molar-refractivity contribution in [2.45, 2.75) is 37.4 Å². The normalized spacial score (nSPS) is 29.4. The first-order chi connectivity index (χ1) is 11.6. The second-order valence-electron chi connectivity index (χ2n) is 6.48. The summed E-state index contributed by atoms with van der Waals surface area (Å²) in [6.07, 6.45) is 4.46. The highest BCUT2D eigenvalue weighted by Crippen LogP contribution is 2.33. The van der Waals surface area contributed by atoms with Crippen LogP contribution < -0.4 is 21.9 Å². The molecule has 2 heterocycles. The van der Waals surface area contributed by atoms with Gasteiger partial charge in [-0.2, -0.15) is 0 Å². The molecular weight excluding hydrogens is 372 g/mol. The molecule has 0 bridgehead atoms. The summed E-state index contributed by atoms with van der Waals surface area (Å²) >= 11 is 3.50. The van der Waals surface area contributed by atoms with Gasteiger partial charge in [-0.05, 0) is 37.5 Å². The number of hydrogen-bond acceptors (Lipinski definition) is 6. The molecule has 4 rings (SSSR count). The second kappa shape index (κ2) is 6.27. The molecule has 1 amide bonds. The molecule has 24 heavy (non-hydrogen) atoms. The maximum atomic E-state index is 11.6. The van der Waals surface area contributed by atoms with Crippen molar-refractivity contribution in [2.75, 3.05) is 5.32 Å². The number of fused-ring (bicyclic) bond motifs is 2. The average Bonchev–Trinajstić information content (AvgIpc) is 2.99. The largest absolute Gasteiger partial charge is 0.368 e. The molecule has 2 aromatic rings. The third kappa shape index (κ3) is 2.85. The van der Waals surface area contributed by atoms with Gasteiger partial charge in [0.15, 0.2) is 0 Å². The van der Waals surface area contributed by atoms with Crippen molar-refractivity contribution in [2.24, 2.45) is 11.7 Å². The molecule has 126 valence electrons. The van der Waals surface area contributed by atoms with E-state index in [1.807, 2.05) is 18.2 Å². The Morgan fingerprint density at radius 3 is 3.00 bits per heavy atom. The Labute approximate surface area is 147 Å². The van der Waals surface area contributed by atoms with Crippen LogP contribution in [0.3, 0.4) is 0 Å². The van der Waals surface area contributed by atoms with Crippen LogP contribution in [-0.4, -0.2) is 34.0 Å². The summed E-state index contributed by atoms with van der Waals surface area (Å²) in [5.74, 6) is 0.736. The van der Waals surface area contributed by atoms with Gasteiger partial charge in [0.1, 0.15) is 18.2 Å². The fraction of sp³-hybridized carbons (Fsp3) is 0.438. The van der Waals surface area contributed by atoms with Crippen LogP contribution >= 0.6 is 15.9 Å². The van der Waals surface area contributed by atoms with Gasteiger partial charge in [0.25, 0.3) is 0 Å². The van der Waals surface area contributed by atoms with Crippen LogP contribution in [0, 0.1) is 5.92 Å².